The van der Waals surface area contributed by atoms with Crippen LogP contribution in [0.5, 0.6) is 0 Å². The van der Waals surface area contributed by atoms with Crippen molar-refractivity contribution in [2.75, 3.05) is 0 Å². The number of unbranched alkanes of at least 4 members (excludes halogenated alkanes) is 6. The number of benzene rings is 2. The van der Waals surface area contributed by atoms with Gasteiger partial charge in [-0.1, -0.05) is 110 Å². The number of aromatic nitrogens is 3. The maximum absolute atomic E-state index is 12.7. The molecule has 194 valence electrons. The van der Waals surface area contributed by atoms with Crippen LogP contribution in [0.3, 0.4) is 0 Å². The molecule has 0 fully saturated rings. The van der Waals surface area contributed by atoms with Gasteiger partial charge >= 0.3 is 0 Å². The van der Waals surface area contributed by atoms with Gasteiger partial charge in [-0.05, 0) is 44.0 Å². The van der Waals surface area contributed by atoms with Crippen molar-refractivity contribution in [1.82, 2.24) is 20.1 Å². The zero-order valence-electron chi connectivity index (χ0n) is 21.4. The van der Waals surface area contributed by atoms with E-state index in [1.165, 1.54) is 43.2 Å². The Hall–Kier alpha value is -2.02. The Morgan fingerprint density at radius 2 is 1.78 bits per heavy atom. The molecule has 3 aromatic rings. The number of nitrogens with one attached hydrogen (secondary N) is 1. The molecule has 1 amide bonds. The van der Waals surface area contributed by atoms with Gasteiger partial charge in [0.2, 0.25) is 5.91 Å². The first-order chi connectivity index (χ1) is 17.4. The van der Waals surface area contributed by atoms with Crippen molar-refractivity contribution in [3.05, 3.63) is 69.5 Å². The van der Waals surface area contributed by atoms with Gasteiger partial charge in [0.05, 0.1) is 16.8 Å². The third-order valence-electron chi connectivity index (χ3n) is 6.03. The van der Waals surface area contributed by atoms with E-state index in [2.05, 4.69) is 53.6 Å². The topological polar surface area (TPSA) is 59.8 Å². The van der Waals surface area contributed by atoms with Crippen molar-refractivity contribution in [3.8, 4) is 5.69 Å². The minimum atomic E-state index is -0.324. The zero-order valence-corrected chi connectivity index (χ0v) is 23.7. The molecule has 0 bridgehead atoms. The Bertz CT molecular complexity index is 1130. The lowest BCUT2D eigenvalue weighted by Crippen LogP contribution is -2.28. The van der Waals surface area contributed by atoms with Crippen LogP contribution in [0.4, 0.5) is 0 Å². The lowest BCUT2D eigenvalue weighted by atomic mass is 10.1. The second-order valence-corrected chi connectivity index (χ2v) is 11.0. The van der Waals surface area contributed by atoms with Gasteiger partial charge in [-0.2, -0.15) is 0 Å². The van der Waals surface area contributed by atoms with Crippen molar-refractivity contribution in [1.29, 1.82) is 0 Å². The van der Waals surface area contributed by atoms with Crippen LogP contribution in [0, 0.1) is 6.92 Å². The van der Waals surface area contributed by atoms with Gasteiger partial charge in [0.15, 0.2) is 11.0 Å². The molecule has 8 heteroatoms. The second-order valence-electron chi connectivity index (χ2n) is 9.21. The molecule has 36 heavy (non-hydrogen) atoms. The Morgan fingerprint density at radius 3 is 2.50 bits per heavy atom. The fourth-order valence-corrected chi connectivity index (χ4v) is 5.50. The normalized spacial score (nSPS) is 12.0. The molecule has 2 aromatic carbocycles. The average Bonchev–Trinajstić information content (AvgIpc) is 3.26. The third-order valence-corrected chi connectivity index (χ3v) is 7.57. The molecule has 0 saturated heterocycles. The van der Waals surface area contributed by atoms with Crippen molar-refractivity contribution in [3.63, 3.8) is 0 Å². The van der Waals surface area contributed by atoms with Gasteiger partial charge in [0, 0.05) is 17.2 Å². The number of carbonyl (C=O) groups is 1. The fraction of sp³-hybridized carbons (Fsp3) is 0.464. The zero-order chi connectivity index (χ0) is 25.9. The number of carbonyl (C=O) groups excluding carboxylic acids is 1. The number of hydrogen-bond acceptors (Lipinski definition) is 4. The Morgan fingerprint density at radius 1 is 1.03 bits per heavy atom. The summed E-state index contributed by atoms with van der Waals surface area (Å²) in [6.07, 6.45) is 8.77. The molecule has 0 spiro atoms. The summed E-state index contributed by atoms with van der Waals surface area (Å²) >= 11 is 14.3. The van der Waals surface area contributed by atoms with Crippen LogP contribution in [-0.2, 0) is 10.5 Å². The first kappa shape index (κ1) is 28.5. The second kappa shape index (κ2) is 14.7. The first-order valence-corrected chi connectivity index (χ1v) is 14.5. The van der Waals surface area contributed by atoms with Crippen molar-refractivity contribution >= 4 is 40.9 Å². The van der Waals surface area contributed by atoms with Crippen LogP contribution in [0.25, 0.3) is 5.69 Å². The molecule has 0 radical (unpaired) electrons. The quantitative estimate of drug-likeness (QED) is 0.162. The highest BCUT2D eigenvalue weighted by atomic mass is 35.5. The van der Waals surface area contributed by atoms with E-state index in [1.807, 2.05) is 17.6 Å². The van der Waals surface area contributed by atoms with E-state index in [4.69, 9.17) is 23.2 Å². The molecule has 0 aliphatic rings. The lowest BCUT2D eigenvalue weighted by Gasteiger charge is -2.17. The fourth-order valence-electron chi connectivity index (χ4n) is 4.11. The molecular weight excluding hydrogens is 511 g/mol. The smallest absolute Gasteiger partial charge is 0.220 e. The molecule has 1 atom stereocenters. The van der Waals surface area contributed by atoms with Crippen LogP contribution in [-0.4, -0.2) is 20.7 Å². The maximum atomic E-state index is 12.7. The van der Waals surface area contributed by atoms with Crippen LogP contribution in [0.1, 0.15) is 88.2 Å². The van der Waals surface area contributed by atoms with Crippen LogP contribution >= 0.6 is 35.0 Å². The molecule has 1 unspecified atom stereocenters. The predicted molar refractivity (Wildman–Crippen MR) is 151 cm³/mol. The minimum absolute atomic E-state index is 0.0294. The van der Waals surface area contributed by atoms with Crippen molar-refractivity contribution in [2.45, 2.75) is 89.1 Å². The van der Waals surface area contributed by atoms with E-state index >= 15 is 0 Å². The van der Waals surface area contributed by atoms with Gasteiger partial charge in [-0.25, -0.2) is 0 Å². The summed E-state index contributed by atoms with van der Waals surface area (Å²) in [5, 5.41) is 13.8. The maximum Gasteiger partial charge on any atom is 0.220 e. The average molecular weight is 548 g/mol. The van der Waals surface area contributed by atoms with E-state index in [0.717, 1.165) is 24.3 Å². The van der Waals surface area contributed by atoms with Gasteiger partial charge in [-0.15, -0.1) is 10.2 Å². The monoisotopic (exact) mass is 546 g/mol. The SMILES string of the molecule is CCCCCCCCCC(=O)NC(C)c1nnc(SCc2cccc(C)c2)n1-c1ccc(Cl)cc1Cl. The Balaban J connectivity index is 1.71. The van der Waals surface area contributed by atoms with Crippen LogP contribution in [0.2, 0.25) is 10.0 Å². The van der Waals surface area contributed by atoms with E-state index < -0.39 is 0 Å². The van der Waals surface area contributed by atoms with E-state index in [9.17, 15) is 4.79 Å². The number of hydrogen-bond donors (Lipinski definition) is 1. The van der Waals surface area contributed by atoms with Gasteiger partial charge < -0.3 is 5.32 Å². The van der Waals surface area contributed by atoms with Gasteiger partial charge in [-0.3, -0.25) is 9.36 Å². The highest BCUT2D eigenvalue weighted by Crippen LogP contribution is 2.32. The summed E-state index contributed by atoms with van der Waals surface area (Å²) in [5.74, 6) is 1.41. The number of nitrogens with zero attached hydrogens (tertiary/aromatic N) is 3. The summed E-state index contributed by atoms with van der Waals surface area (Å²) in [5.41, 5.74) is 3.16. The number of aryl methyl sites for hydroxylation is 1. The summed E-state index contributed by atoms with van der Waals surface area (Å²) in [6, 6.07) is 13.4. The minimum Gasteiger partial charge on any atom is -0.346 e. The number of amides is 1. The summed E-state index contributed by atoms with van der Waals surface area (Å²) in [4.78, 5) is 12.7. The number of thioether (sulfide) groups is 1. The van der Waals surface area contributed by atoms with Crippen molar-refractivity contribution < 1.29 is 4.79 Å². The first-order valence-electron chi connectivity index (χ1n) is 12.8. The highest BCUT2D eigenvalue weighted by Gasteiger charge is 2.22. The van der Waals surface area contributed by atoms with Gasteiger partial charge in [0.25, 0.3) is 0 Å². The Labute approximate surface area is 229 Å². The lowest BCUT2D eigenvalue weighted by molar-refractivity contribution is -0.121. The molecule has 5 nitrogen and oxygen atoms in total. The molecule has 0 saturated carbocycles. The molecule has 0 aliphatic heterocycles. The van der Waals surface area contributed by atoms with E-state index in [1.54, 1.807) is 23.9 Å². The number of rotatable bonds is 14. The standard InChI is InChI=1S/C28H36Cl2N4OS/c1-4-5-6-7-8-9-10-14-26(35)31-21(3)27-32-33-28(36-19-22-13-11-12-20(2)17-22)34(27)25-16-15-23(29)18-24(25)30/h11-13,15-18,21H,4-10,14,19H2,1-3H3,(H,31,35). The predicted octanol–water partition coefficient (Wildman–Crippen LogP) is 8.49. The largest absolute Gasteiger partial charge is 0.346 e. The van der Waals surface area contributed by atoms with E-state index in [-0.39, 0.29) is 11.9 Å². The molecule has 1 heterocycles. The van der Waals surface area contributed by atoms with E-state index in [0.29, 0.717) is 27.4 Å². The molecule has 0 aliphatic carbocycles. The summed E-state index contributed by atoms with van der Waals surface area (Å²) in [6.45, 7) is 6.24. The highest BCUT2D eigenvalue weighted by molar-refractivity contribution is 7.98. The summed E-state index contributed by atoms with van der Waals surface area (Å²) in [7, 11) is 0. The van der Waals surface area contributed by atoms with Crippen LogP contribution in [0.15, 0.2) is 47.6 Å². The Kier molecular flexibility index (Phi) is 11.6. The molecule has 1 N–H and O–H groups in total. The van der Waals surface area contributed by atoms with Crippen molar-refractivity contribution in [2.24, 2.45) is 0 Å². The molecule has 1 aromatic heterocycles. The van der Waals surface area contributed by atoms with Crippen LogP contribution < -0.4 is 5.32 Å². The number of halogens is 2. The third kappa shape index (κ3) is 8.53. The van der Waals surface area contributed by atoms with Gasteiger partial charge in [0.1, 0.15) is 0 Å². The molecule has 3 rings (SSSR count). The molecular formula is C28H36Cl2N4OS. The summed E-state index contributed by atoms with van der Waals surface area (Å²) < 4.78 is 1.93.